The SMILES string of the molecule is CCC(CC)C(=O)NCCN(Cc1ccc2c(c1)OCO2)S(C)(=O)=O. The molecule has 7 nitrogen and oxygen atoms in total. The molecular weight excluding hydrogens is 344 g/mol. The third kappa shape index (κ3) is 5.34. The quantitative estimate of drug-likeness (QED) is 0.716. The lowest BCUT2D eigenvalue weighted by Crippen LogP contribution is -2.39. The number of carbonyl (C=O) groups is 1. The van der Waals surface area contributed by atoms with Crippen LogP contribution in [0, 0.1) is 5.92 Å². The van der Waals surface area contributed by atoms with Crippen LogP contribution in [0.3, 0.4) is 0 Å². The first-order chi connectivity index (χ1) is 11.8. The maximum Gasteiger partial charge on any atom is 0.231 e. The van der Waals surface area contributed by atoms with Crippen LogP contribution in [0.5, 0.6) is 11.5 Å². The molecule has 8 heteroatoms. The monoisotopic (exact) mass is 370 g/mol. The number of nitrogens with one attached hydrogen (secondary N) is 1. The highest BCUT2D eigenvalue weighted by atomic mass is 32.2. The van der Waals surface area contributed by atoms with Gasteiger partial charge in [0.2, 0.25) is 22.7 Å². The van der Waals surface area contributed by atoms with Crippen molar-refractivity contribution in [2.24, 2.45) is 5.92 Å². The highest BCUT2D eigenvalue weighted by molar-refractivity contribution is 7.88. The summed E-state index contributed by atoms with van der Waals surface area (Å²) in [5.74, 6) is 1.22. The molecule has 0 radical (unpaired) electrons. The van der Waals surface area contributed by atoms with Gasteiger partial charge in [0.1, 0.15) is 0 Å². The fourth-order valence-corrected chi connectivity index (χ4v) is 3.52. The molecule has 0 fully saturated rings. The molecule has 0 bridgehead atoms. The molecule has 25 heavy (non-hydrogen) atoms. The Balaban J connectivity index is 1.97. The summed E-state index contributed by atoms with van der Waals surface area (Å²) in [5, 5.41) is 2.82. The summed E-state index contributed by atoms with van der Waals surface area (Å²) in [6, 6.07) is 5.37. The van der Waals surface area contributed by atoms with Gasteiger partial charge in [-0.25, -0.2) is 8.42 Å². The number of hydrogen-bond acceptors (Lipinski definition) is 5. The average Bonchev–Trinajstić information content (AvgIpc) is 3.01. The molecular formula is C17H26N2O5S. The van der Waals surface area contributed by atoms with Crippen molar-refractivity contribution in [1.29, 1.82) is 0 Å². The van der Waals surface area contributed by atoms with Gasteiger partial charge in [-0.15, -0.1) is 0 Å². The van der Waals surface area contributed by atoms with Crippen LogP contribution in [0.4, 0.5) is 0 Å². The molecule has 2 rings (SSSR count). The largest absolute Gasteiger partial charge is 0.454 e. The Labute approximate surface area is 149 Å². The fourth-order valence-electron chi connectivity index (χ4n) is 2.71. The van der Waals surface area contributed by atoms with Crippen LogP contribution in [0.15, 0.2) is 18.2 Å². The highest BCUT2D eigenvalue weighted by Crippen LogP contribution is 2.32. The van der Waals surface area contributed by atoms with Gasteiger partial charge in [0.05, 0.1) is 6.26 Å². The van der Waals surface area contributed by atoms with E-state index in [1.165, 1.54) is 10.6 Å². The van der Waals surface area contributed by atoms with E-state index in [9.17, 15) is 13.2 Å². The molecule has 1 N–H and O–H groups in total. The molecule has 0 aromatic heterocycles. The molecule has 1 amide bonds. The van der Waals surface area contributed by atoms with Gasteiger partial charge in [-0.2, -0.15) is 4.31 Å². The Morgan fingerprint density at radius 2 is 1.92 bits per heavy atom. The Kier molecular flexibility index (Phi) is 6.66. The summed E-state index contributed by atoms with van der Waals surface area (Å²) in [6.45, 7) is 4.84. The van der Waals surface area contributed by atoms with Crippen molar-refractivity contribution >= 4 is 15.9 Å². The number of amides is 1. The van der Waals surface area contributed by atoms with Gasteiger partial charge in [-0.05, 0) is 30.5 Å². The molecule has 0 atom stereocenters. The molecule has 1 aromatic rings. The van der Waals surface area contributed by atoms with Gasteiger partial charge in [0, 0.05) is 25.6 Å². The lowest BCUT2D eigenvalue weighted by Gasteiger charge is -2.21. The molecule has 1 aliphatic heterocycles. The van der Waals surface area contributed by atoms with Crippen LogP contribution in [-0.4, -0.2) is 44.8 Å². The number of rotatable bonds is 9. The second-order valence-corrected chi connectivity index (χ2v) is 8.07. The zero-order valence-corrected chi connectivity index (χ0v) is 15.8. The predicted molar refractivity (Wildman–Crippen MR) is 94.9 cm³/mol. The number of fused-ring (bicyclic) bond motifs is 1. The first kappa shape index (κ1) is 19.5. The average molecular weight is 370 g/mol. The van der Waals surface area contributed by atoms with Crippen molar-refractivity contribution < 1.29 is 22.7 Å². The molecule has 0 aliphatic carbocycles. The van der Waals surface area contributed by atoms with Crippen LogP contribution < -0.4 is 14.8 Å². The predicted octanol–water partition coefficient (Wildman–Crippen LogP) is 1.73. The topological polar surface area (TPSA) is 84.9 Å². The molecule has 1 aliphatic rings. The summed E-state index contributed by atoms with van der Waals surface area (Å²) < 4.78 is 36.0. The van der Waals surface area contributed by atoms with Crippen LogP contribution in [0.2, 0.25) is 0 Å². The smallest absolute Gasteiger partial charge is 0.231 e. The first-order valence-corrected chi connectivity index (χ1v) is 10.3. The summed E-state index contributed by atoms with van der Waals surface area (Å²) in [4.78, 5) is 12.0. The Morgan fingerprint density at radius 3 is 2.56 bits per heavy atom. The normalized spacial score (nSPS) is 13.5. The molecule has 0 spiro atoms. The number of ether oxygens (including phenoxy) is 2. The lowest BCUT2D eigenvalue weighted by molar-refractivity contribution is -0.125. The van der Waals surface area contributed by atoms with E-state index in [0.29, 0.717) is 11.5 Å². The zero-order valence-electron chi connectivity index (χ0n) is 14.9. The van der Waals surface area contributed by atoms with Crippen molar-refractivity contribution in [1.82, 2.24) is 9.62 Å². The van der Waals surface area contributed by atoms with Gasteiger partial charge >= 0.3 is 0 Å². The van der Waals surface area contributed by atoms with E-state index in [2.05, 4.69) is 5.32 Å². The fraction of sp³-hybridized carbons (Fsp3) is 0.588. The van der Waals surface area contributed by atoms with Crippen molar-refractivity contribution in [3.8, 4) is 11.5 Å². The number of benzene rings is 1. The standard InChI is InChI=1S/C17H26N2O5S/c1-4-14(5-2)17(20)18-8-9-19(25(3,21)22)11-13-6-7-15-16(10-13)24-12-23-15/h6-7,10,14H,4-5,8-9,11-12H2,1-3H3,(H,18,20). The molecule has 1 aromatic carbocycles. The van der Waals surface area contributed by atoms with E-state index in [4.69, 9.17) is 9.47 Å². The highest BCUT2D eigenvalue weighted by Gasteiger charge is 2.20. The number of hydrogen-bond donors (Lipinski definition) is 1. The lowest BCUT2D eigenvalue weighted by atomic mass is 10.0. The minimum Gasteiger partial charge on any atom is -0.454 e. The van der Waals surface area contributed by atoms with Crippen LogP contribution >= 0.6 is 0 Å². The minimum absolute atomic E-state index is 0.0264. The number of sulfonamides is 1. The van der Waals surface area contributed by atoms with E-state index in [-0.39, 0.29) is 38.3 Å². The van der Waals surface area contributed by atoms with E-state index in [1.54, 1.807) is 12.1 Å². The third-order valence-electron chi connectivity index (χ3n) is 4.28. The van der Waals surface area contributed by atoms with Gasteiger partial charge in [-0.1, -0.05) is 19.9 Å². The van der Waals surface area contributed by atoms with E-state index >= 15 is 0 Å². The second-order valence-electron chi connectivity index (χ2n) is 6.09. The third-order valence-corrected chi connectivity index (χ3v) is 5.53. The van der Waals surface area contributed by atoms with Crippen molar-refractivity contribution in [2.75, 3.05) is 26.1 Å². The molecule has 1 heterocycles. The Bertz CT molecular complexity index is 701. The van der Waals surface area contributed by atoms with Gasteiger partial charge in [0.15, 0.2) is 11.5 Å². The summed E-state index contributed by atoms with van der Waals surface area (Å²) in [7, 11) is -3.40. The van der Waals surface area contributed by atoms with Gasteiger partial charge < -0.3 is 14.8 Å². The maximum atomic E-state index is 12.0. The molecule has 0 saturated heterocycles. The van der Waals surface area contributed by atoms with Crippen LogP contribution in [-0.2, 0) is 21.4 Å². The molecule has 0 unspecified atom stereocenters. The molecule has 140 valence electrons. The maximum absolute atomic E-state index is 12.0. The van der Waals surface area contributed by atoms with E-state index < -0.39 is 10.0 Å². The van der Waals surface area contributed by atoms with Crippen molar-refractivity contribution in [3.05, 3.63) is 23.8 Å². The summed E-state index contributed by atoms with van der Waals surface area (Å²) >= 11 is 0. The first-order valence-electron chi connectivity index (χ1n) is 8.46. The summed E-state index contributed by atoms with van der Waals surface area (Å²) in [5.41, 5.74) is 0.806. The van der Waals surface area contributed by atoms with Gasteiger partial charge in [-0.3, -0.25) is 4.79 Å². The van der Waals surface area contributed by atoms with E-state index in [1.807, 2.05) is 19.9 Å². The van der Waals surface area contributed by atoms with Gasteiger partial charge in [0.25, 0.3) is 0 Å². The number of carbonyl (C=O) groups excluding carboxylic acids is 1. The van der Waals surface area contributed by atoms with Crippen LogP contribution in [0.1, 0.15) is 32.3 Å². The number of nitrogens with zero attached hydrogens (tertiary/aromatic N) is 1. The Morgan fingerprint density at radius 1 is 1.24 bits per heavy atom. The second kappa shape index (κ2) is 8.53. The minimum atomic E-state index is -3.40. The van der Waals surface area contributed by atoms with Crippen molar-refractivity contribution in [3.63, 3.8) is 0 Å². The van der Waals surface area contributed by atoms with E-state index in [0.717, 1.165) is 18.4 Å². The zero-order chi connectivity index (χ0) is 18.4. The Hall–Kier alpha value is -1.80. The molecule has 0 saturated carbocycles. The van der Waals surface area contributed by atoms with Crippen LogP contribution in [0.25, 0.3) is 0 Å². The van der Waals surface area contributed by atoms with Crippen molar-refractivity contribution in [2.45, 2.75) is 33.2 Å². The summed E-state index contributed by atoms with van der Waals surface area (Å²) in [6.07, 6.45) is 2.72.